The molecule has 0 aromatic heterocycles. The zero-order chi connectivity index (χ0) is 59.8. The number of aliphatic hydroxyl groups is 1. The van der Waals surface area contributed by atoms with Gasteiger partial charge in [0, 0.05) is 26.6 Å². The van der Waals surface area contributed by atoms with Crippen LogP contribution < -0.4 is 0 Å². The van der Waals surface area contributed by atoms with Gasteiger partial charge in [0.05, 0.1) is 25.4 Å². The molecule has 0 aromatic carbocycles. The monoisotopic (exact) mass is 1270 g/mol. The number of alkyl halides is 2. The van der Waals surface area contributed by atoms with Gasteiger partial charge in [0.25, 0.3) is 5.78 Å². The number of Topliss-reactive ketones (excluding diaryl/α,β-unsaturated/α-hetero) is 3. The van der Waals surface area contributed by atoms with E-state index in [-0.39, 0.29) is 78.6 Å². The molecule has 4 aliphatic heterocycles. The van der Waals surface area contributed by atoms with E-state index < -0.39 is 115 Å². The van der Waals surface area contributed by atoms with Crippen LogP contribution >= 0.6 is 19.0 Å². The van der Waals surface area contributed by atoms with Gasteiger partial charge in [-0.3, -0.25) is 14.4 Å². The number of cyclic esters (lactones) is 1. The molecular weight excluding hydrogens is 1170 g/mol. The van der Waals surface area contributed by atoms with Gasteiger partial charge < -0.3 is 33.5 Å². The number of nitrogens with zero attached hydrogens (tertiary/aromatic N) is 1. The number of ether oxygens (including phenoxy) is 8. The number of fused-ring (bicyclic) bond motifs is 3. The number of carbonyl (C=O) groups is 6. The molecule has 5 aliphatic rings. The SMILES string of the molecule is CC[Si](CC)I(CC)[C@@H]1/C(C)=C/[C@@H](C)C(=O)C[C@@H]([C@@H](C)C[C@@H]2CC[C@@H](OC(=O)C3(C)COCOC3)[C@H](OC)C2)OC(=O)[C@@H]2CCCCN2C(=O)C(=O)[C@]2(O)O[C@@H](CC[C@H]2C)C[C@H](OC)/C(C)=C/C=C/C=C/[C@@H](C)C[C@@H](C)C(=O)[C@@H]1OC. The summed E-state index contributed by atoms with van der Waals surface area (Å²) in [5.74, 6) is -7.57. The molecule has 1 saturated carbocycles. The predicted octanol–water partition coefficient (Wildman–Crippen LogP) is 10.3. The molecule has 2 bridgehead atoms. The second-order valence-corrected chi connectivity index (χ2v) is 39.6. The standard InChI is InChI=1S/C63H101INO15Si/c1-15-64(81(16-2)17-3)55-44(8)32-42(6)50(66)36-53(43(7)33-47-27-29-51(54(34-47)74-13)79-61(71)62(11)37-76-39-77-38-62)78-60(70)49-25-21-22-30-65(49)59(69)58(68)63(72)46(10)26-28-48(80-63)35-52(73-12)41(5)24-20-18-19-23-40(4)31-45(9)56(67)57(55)75-14/h18-20,23-24,32,40,42-43,45-49,51-55,57,72H,15-17,21-22,25-31,33-39H2,1-14H3/b20-18+,23-19+,41-24+,44-32+/t40-,42-,43+,45-,46-,47+,48+,49+,51-,52+,53+,54-,55-,57-,63-/m1/s1. The van der Waals surface area contributed by atoms with E-state index in [0.29, 0.717) is 64.2 Å². The average Bonchev–Trinajstić information content (AvgIpc) is 3.47. The summed E-state index contributed by atoms with van der Waals surface area (Å²) in [5.41, 5.74) is 0.960. The van der Waals surface area contributed by atoms with E-state index in [1.165, 1.54) is 4.90 Å². The number of hydrogen-bond acceptors (Lipinski definition) is 15. The summed E-state index contributed by atoms with van der Waals surface area (Å²) in [6.07, 6.45) is 13.1. The van der Waals surface area contributed by atoms with Crippen LogP contribution in [0.4, 0.5) is 0 Å². The Balaban J connectivity index is 1.53. The normalized spacial score (nSPS) is 36.7. The molecule has 1 aliphatic carbocycles. The molecule has 15 atom stereocenters. The van der Waals surface area contributed by atoms with Crippen LogP contribution in [0.5, 0.6) is 0 Å². The molecule has 4 heterocycles. The summed E-state index contributed by atoms with van der Waals surface area (Å²) in [6, 6.07) is 1.04. The second-order valence-electron chi connectivity index (χ2n) is 24.2. The molecule has 0 unspecified atom stereocenters. The van der Waals surface area contributed by atoms with E-state index in [1.807, 2.05) is 58.1 Å². The van der Waals surface area contributed by atoms with Gasteiger partial charge in [-0.15, -0.1) is 0 Å². The van der Waals surface area contributed by atoms with Crippen LogP contribution in [0.15, 0.2) is 47.6 Å². The molecule has 1 radical (unpaired) electrons. The number of amides is 1. The molecule has 1 amide bonds. The molecule has 18 heteroatoms. The molecule has 0 spiro atoms. The Kier molecular flexibility index (Phi) is 27.6. The molecule has 4 fully saturated rings. The first-order valence-electron chi connectivity index (χ1n) is 30.2. The van der Waals surface area contributed by atoms with Crippen molar-refractivity contribution in [3.63, 3.8) is 0 Å². The third-order valence-electron chi connectivity index (χ3n) is 17.8. The molecule has 459 valence electrons. The van der Waals surface area contributed by atoms with E-state index in [9.17, 15) is 33.9 Å². The summed E-state index contributed by atoms with van der Waals surface area (Å²) >= 11 is -1.92. The predicted molar refractivity (Wildman–Crippen MR) is 323 cm³/mol. The fourth-order valence-electron chi connectivity index (χ4n) is 12.7. The molecule has 3 saturated heterocycles. The van der Waals surface area contributed by atoms with E-state index in [1.54, 1.807) is 35.2 Å². The van der Waals surface area contributed by atoms with Gasteiger partial charge in [-0.2, -0.15) is 0 Å². The molecule has 5 rings (SSSR count). The Morgan fingerprint density at radius 2 is 1.56 bits per heavy atom. The first-order chi connectivity index (χ1) is 38.5. The topological polar surface area (TPSA) is 200 Å². The number of hydrogen-bond donors (Lipinski definition) is 1. The number of piperidine rings is 1. The zero-order valence-electron chi connectivity index (χ0n) is 51.5. The number of methoxy groups -OCH3 is 3. The van der Waals surface area contributed by atoms with Crippen molar-refractivity contribution in [1.82, 2.24) is 4.90 Å². The first kappa shape index (κ1) is 68.8. The number of carbonyl (C=O) groups excluding carboxylic acids is 6. The molecule has 81 heavy (non-hydrogen) atoms. The fraction of sp³-hybridized carbons (Fsp3) is 0.778. The molecule has 0 aromatic rings. The Morgan fingerprint density at radius 3 is 2.20 bits per heavy atom. The Hall–Kier alpha value is -2.95. The quantitative estimate of drug-likeness (QED) is 0.0347. The number of esters is 2. The summed E-state index contributed by atoms with van der Waals surface area (Å²) in [4.78, 5) is 88.3. The van der Waals surface area contributed by atoms with Crippen LogP contribution in [-0.4, -0.2) is 156 Å². The second kappa shape index (κ2) is 32.5. The summed E-state index contributed by atoms with van der Waals surface area (Å²) < 4.78 is 48.9. The van der Waals surface area contributed by atoms with E-state index in [4.69, 9.17) is 37.9 Å². The summed E-state index contributed by atoms with van der Waals surface area (Å²) in [5, 5.41) is 12.1. The van der Waals surface area contributed by atoms with E-state index >= 15 is 0 Å². The maximum atomic E-state index is 14.9. The van der Waals surface area contributed by atoms with Crippen molar-refractivity contribution in [2.45, 2.75) is 218 Å². The van der Waals surface area contributed by atoms with Gasteiger partial charge in [-0.05, 0) is 33.1 Å². The van der Waals surface area contributed by atoms with Crippen LogP contribution in [0.2, 0.25) is 12.1 Å². The number of allylic oxidation sites excluding steroid dienone is 6. The molecule has 16 nitrogen and oxygen atoms in total. The maximum absolute atomic E-state index is 14.9. The Labute approximate surface area is 493 Å². The van der Waals surface area contributed by atoms with Gasteiger partial charge in [0.1, 0.15) is 18.3 Å². The molecule has 1 N–H and O–H groups in total. The van der Waals surface area contributed by atoms with Crippen molar-refractivity contribution < 1.29 is 71.8 Å². The van der Waals surface area contributed by atoms with Gasteiger partial charge in [-0.1, -0.05) is 6.92 Å². The number of rotatable bonds is 13. The van der Waals surface area contributed by atoms with Crippen LogP contribution in [0.1, 0.15) is 153 Å². The van der Waals surface area contributed by atoms with Gasteiger partial charge in [-0.25, -0.2) is 0 Å². The number of ketones is 3. The van der Waals surface area contributed by atoms with Crippen molar-refractivity contribution in [3.8, 4) is 0 Å². The van der Waals surface area contributed by atoms with E-state index in [2.05, 4.69) is 40.7 Å². The van der Waals surface area contributed by atoms with Gasteiger partial charge >= 0.3 is 326 Å². The average molecular weight is 1270 g/mol. The van der Waals surface area contributed by atoms with E-state index in [0.717, 1.165) is 27.7 Å². The van der Waals surface area contributed by atoms with Gasteiger partial charge in [0.15, 0.2) is 0 Å². The van der Waals surface area contributed by atoms with Crippen LogP contribution in [0.25, 0.3) is 0 Å². The zero-order valence-corrected chi connectivity index (χ0v) is 54.6. The first-order valence-corrected chi connectivity index (χ1v) is 38.0. The third-order valence-corrected chi connectivity index (χ3v) is 38.8. The van der Waals surface area contributed by atoms with Crippen molar-refractivity contribution in [1.29, 1.82) is 0 Å². The third kappa shape index (κ3) is 18.1. The van der Waals surface area contributed by atoms with Crippen molar-refractivity contribution in [3.05, 3.63) is 47.6 Å². The van der Waals surface area contributed by atoms with Crippen LogP contribution in [-0.2, 0) is 66.7 Å². The van der Waals surface area contributed by atoms with Gasteiger partial charge in [0.2, 0.25) is 5.79 Å². The van der Waals surface area contributed by atoms with Crippen LogP contribution in [0.3, 0.4) is 0 Å². The van der Waals surface area contributed by atoms with Crippen molar-refractivity contribution in [2.24, 2.45) is 40.9 Å². The molecular formula is C63H101INO15Si. The summed E-state index contributed by atoms with van der Waals surface area (Å²) in [6.45, 7) is 22.8. The Bertz CT molecular complexity index is 2230. The number of halogens is 1. The minimum atomic E-state index is -2.44. The minimum absolute atomic E-state index is 0.0542. The van der Waals surface area contributed by atoms with Crippen molar-refractivity contribution >= 4 is 60.5 Å². The van der Waals surface area contributed by atoms with Crippen molar-refractivity contribution in [2.75, 3.05) is 52.3 Å². The van der Waals surface area contributed by atoms with Crippen LogP contribution in [0, 0.1) is 40.9 Å². The summed E-state index contributed by atoms with van der Waals surface area (Å²) in [7, 11) is 4.86. The Morgan fingerprint density at radius 1 is 0.852 bits per heavy atom. The fourth-order valence-corrected chi connectivity index (χ4v) is 32.3.